The van der Waals surface area contributed by atoms with E-state index in [-0.39, 0.29) is 32.7 Å². The molecule has 8 nitrogen and oxygen atoms in total. The molecular weight excluding hydrogens is 497 g/mol. The zero-order valence-electron chi connectivity index (χ0n) is 20.2. The number of ether oxygens (including phenoxy) is 4. The first-order valence-corrected chi connectivity index (χ1v) is 10.3. The summed E-state index contributed by atoms with van der Waals surface area (Å²) in [7, 11) is 6.43. The number of hydrogen-bond donors (Lipinski definition) is 0. The third kappa shape index (κ3) is 8.21. The maximum atomic E-state index is 7.50. The van der Waals surface area contributed by atoms with E-state index >= 15 is 0 Å². The molecule has 0 spiro atoms. The zero-order valence-corrected chi connectivity index (χ0v) is 23.1. The van der Waals surface area contributed by atoms with E-state index in [0.29, 0.717) is 35.2 Å². The maximum absolute atomic E-state index is 7.50. The number of aryl methyl sites for hydroxylation is 1. The molecule has 3 aromatic rings. The van der Waals surface area contributed by atoms with Crippen LogP contribution < -0.4 is 18.9 Å². The van der Waals surface area contributed by atoms with Gasteiger partial charge in [-0.1, -0.05) is 25.0 Å². The zero-order chi connectivity index (χ0) is 23.5. The number of nitrogens with one attached hydrogen (secondary N) is 1. The van der Waals surface area contributed by atoms with Crippen molar-refractivity contribution < 1.29 is 51.7 Å². The van der Waals surface area contributed by atoms with E-state index < -0.39 is 0 Å². The van der Waals surface area contributed by atoms with Crippen LogP contribution in [-0.2, 0) is 39.3 Å². The molecule has 0 fully saturated rings. The van der Waals surface area contributed by atoms with Crippen molar-refractivity contribution in [1.82, 2.24) is 9.55 Å². The summed E-state index contributed by atoms with van der Waals surface area (Å²) in [6.07, 6.45) is 4.71. The van der Waals surface area contributed by atoms with Crippen molar-refractivity contribution in [2.45, 2.75) is 26.8 Å². The van der Waals surface area contributed by atoms with Gasteiger partial charge in [0, 0.05) is 38.9 Å². The Labute approximate surface area is 221 Å². The van der Waals surface area contributed by atoms with Crippen LogP contribution in [0.2, 0.25) is 0 Å². The standard InChI is InChI=1S/C13H20NO3.C11H12N3O.Y/c1-5-6-14-9-10-7-11(15-2)13(17-4)12(8-10)16-3;1-8-6-14(7-13-8)10-4-3-9(12)5-11(10)15-2;/h7-8H,5-6,9H2,1-4H3;3-7,12H,1-2H3;/q2*-1;. The molecule has 9 heteroatoms. The van der Waals surface area contributed by atoms with Gasteiger partial charge in [-0.05, 0) is 31.2 Å². The quantitative estimate of drug-likeness (QED) is 0.324. The van der Waals surface area contributed by atoms with Crippen molar-refractivity contribution in [3.8, 4) is 28.7 Å². The first-order chi connectivity index (χ1) is 15.5. The molecule has 0 saturated heterocycles. The van der Waals surface area contributed by atoms with Crippen LogP contribution in [0.1, 0.15) is 24.6 Å². The smallest absolute Gasteiger partial charge is 0.203 e. The van der Waals surface area contributed by atoms with E-state index in [9.17, 15) is 0 Å². The van der Waals surface area contributed by atoms with Crippen LogP contribution in [0.3, 0.4) is 0 Å². The fourth-order valence-corrected chi connectivity index (χ4v) is 3.04. The Morgan fingerprint density at radius 3 is 2.06 bits per heavy atom. The Kier molecular flexibility index (Phi) is 12.9. The summed E-state index contributed by atoms with van der Waals surface area (Å²) in [5.74, 6) is 2.65. The van der Waals surface area contributed by atoms with Gasteiger partial charge < -0.3 is 34.6 Å². The number of imidazole rings is 1. The molecule has 0 bridgehead atoms. The summed E-state index contributed by atoms with van der Waals surface area (Å²) in [4.78, 5) is 4.15. The Balaban J connectivity index is 0.000000322. The van der Waals surface area contributed by atoms with Gasteiger partial charge in [-0.15, -0.1) is 18.8 Å². The first kappa shape index (κ1) is 28.7. The second-order valence-corrected chi connectivity index (χ2v) is 6.95. The molecule has 0 unspecified atom stereocenters. The van der Waals surface area contributed by atoms with Crippen molar-refractivity contribution in [1.29, 1.82) is 0 Å². The Morgan fingerprint density at radius 2 is 1.58 bits per heavy atom. The van der Waals surface area contributed by atoms with Crippen LogP contribution in [0.25, 0.3) is 16.7 Å². The van der Waals surface area contributed by atoms with Gasteiger partial charge in [0.1, 0.15) is 5.75 Å². The topological polar surface area (TPSA) is 92.6 Å². The Bertz CT molecular complexity index is 969. The maximum Gasteiger partial charge on any atom is 0.203 e. The Hall–Kier alpha value is -2.29. The van der Waals surface area contributed by atoms with Gasteiger partial charge in [0.25, 0.3) is 0 Å². The molecule has 0 aliphatic heterocycles. The second-order valence-electron chi connectivity index (χ2n) is 6.95. The number of benzene rings is 2. The van der Waals surface area contributed by atoms with Crippen molar-refractivity contribution in [2.24, 2.45) is 0 Å². The molecule has 2 aromatic carbocycles. The molecule has 0 saturated carbocycles. The van der Waals surface area contributed by atoms with Gasteiger partial charge in [0.05, 0.1) is 46.1 Å². The number of hydrogen-bond acceptors (Lipinski definition) is 5. The van der Waals surface area contributed by atoms with Crippen molar-refractivity contribution in [3.05, 3.63) is 65.2 Å². The monoisotopic (exact) mass is 529 g/mol. The van der Waals surface area contributed by atoms with Crippen molar-refractivity contribution in [2.75, 3.05) is 35.0 Å². The van der Waals surface area contributed by atoms with E-state index in [1.165, 1.54) is 0 Å². The molecule has 0 aliphatic rings. The summed E-state index contributed by atoms with van der Waals surface area (Å²) in [5.41, 5.74) is 10.8. The van der Waals surface area contributed by atoms with Crippen LogP contribution >= 0.6 is 0 Å². The molecule has 0 aliphatic carbocycles. The van der Waals surface area contributed by atoms with Gasteiger partial charge in [0.2, 0.25) is 5.75 Å². The van der Waals surface area contributed by atoms with Crippen molar-refractivity contribution >= 4 is 5.69 Å². The van der Waals surface area contributed by atoms with E-state index in [2.05, 4.69) is 17.2 Å². The first-order valence-electron chi connectivity index (χ1n) is 10.3. The fourth-order valence-electron chi connectivity index (χ4n) is 3.04. The molecule has 1 heterocycles. The van der Waals surface area contributed by atoms with E-state index in [1.807, 2.05) is 35.9 Å². The molecule has 1 aromatic heterocycles. The average Bonchev–Trinajstić information content (AvgIpc) is 3.24. The normalized spacial score (nSPS) is 9.88. The van der Waals surface area contributed by atoms with Gasteiger partial charge in [-0.3, -0.25) is 0 Å². The largest absolute Gasteiger partial charge is 0.699 e. The van der Waals surface area contributed by atoms with Gasteiger partial charge >= 0.3 is 0 Å². The molecule has 177 valence electrons. The molecule has 1 radical (unpaired) electrons. The van der Waals surface area contributed by atoms with E-state index in [0.717, 1.165) is 29.9 Å². The summed E-state index contributed by atoms with van der Waals surface area (Å²) >= 11 is 0. The fraction of sp³-hybridized carbons (Fsp3) is 0.375. The number of nitrogens with zero attached hydrogens (tertiary/aromatic N) is 3. The van der Waals surface area contributed by atoms with Crippen LogP contribution in [-0.4, -0.2) is 44.5 Å². The third-order valence-electron chi connectivity index (χ3n) is 4.57. The summed E-state index contributed by atoms with van der Waals surface area (Å²) < 4.78 is 22.9. The number of methoxy groups -OCH3 is 4. The van der Waals surface area contributed by atoms with Gasteiger partial charge in [0.15, 0.2) is 11.5 Å². The summed E-state index contributed by atoms with van der Waals surface area (Å²) in [6.45, 7) is 5.59. The average molecular weight is 529 g/mol. The summed E-state index contributed by atoms with van der Waals surface area (Å²) in [5, 5.41) is 4.41. The molecule has 33 heavy (non-hydrogen) atoms. The van der Waals surface area contributed by atoms with Crippen LogP contribution in [0.15, 0.2) is 42.9 Å². The molecule has 0 atom stereocenters. The Morgan fingerprint density at radius 1 is 0.939 bits per heavy atom. The van der Waals surface area contributed by atoms with Gasteiger partial charge in [-0.25, -0.2) is 4.98 Å². The predicted octanol–water partition coefficient (Wildman–Crippen LogP) is 5.87. The third-order valence-corrected chi connectivity index (χ3v) is 4.57. The van der Waals surface area contributed by atoms with Crippen molar-refractivity contribution in [3.63, 3.8) is 0 Å². The minimum atomic E-state index is 0. The predicted molar refractivity (Wildman–Crippen MR) is 127 cm³/mol. The number of aromatic nitrogens is 2. The minimum absolute atomic E-state index is 0. The van der Waals surface area contributed by atoms with Gasteiger partial charge in [-0.2, -0.15) is 0 Å². The SMILES string of the molecule is CCC[N-]Cc1cc(OC)c(OC)c(OC)c1.COc1cc([NH-])ccc1-n1cnc(C)c1.[Y]. The van der Waals surface area contributed by atoms with Crippen LogP contribution in [0, 0.1) is 6.92 Å². The van der Waals surface area contributed by atoms with Crippen LogP contribution in [0.4, 0.5) is 5.69 Å². The van der Waals surface area contributed by atoms with E-state index in [4.69, 9.17) is 24.7 Å². The molecule has 1 N–H and O–H groups in total. The molecule has 3 rings (SSSR count). The van der Waals surface area contributed by atoms with E-state index in [1.54, 1.807) is 46.9 Å². The number of rotatable bonds is 9. The van der Waals surface area contributed by atoms with Crippen LogP contribution in [0.5, 0.6) is 23.0 Å². The summed E-state index contributed by atoms with van der Waals surface area (Å²) in [6, 6.07) is 9.13. The second kappa shape index (κ2) is 14.8. The molecular formula is C24H32N4O4Y-2. The minimum Gasteiger partial charge on any atom is -0.699 e. The molecule has 0 amide bonds.